The van der Waals surface area contributed by atoms with Crippen LogP contribution < -0.4 is 9.62 Å². The van der Waals surface area contributed by atoms with Gasteiger partial charge < -0.3 is 9.64 Å². The van der Waals surface area contributed by atoms with E-state index in [2.05, 4.69) is 9.62 Å². The number of anilines is 1. The summed E-state index contributed by atoms with van der Waals surface area (Å²) in [5, 5.41) is 1.68. The second-order valence-electron chi connectivity index (χ2n) is 5.33. The molecule has 6 nitrogen and oxygen atoms in total. The highest BCUT2D eigenvalue weighted by molar-refractivity contribution is 7.91. The Labute approximate surface area is 145 Å². The second kappa shape index (κ2) is 7.43. The largest absolute Gasteiger partial charge is 0.378 e. The zero-order valence-electron chi connectivity index (χ0n) is 13.0. The summed E-state index contributed by atoms with van der Waals surface area (Å²) in [5.41, 5.74) is 1.52. The number of Topliss-reactive ketones (excluding diaryl/α,β-unsaturated/α-hetero) is 1. The molecule has 0 bridgehead atoms. The molecular weight excluding hydrogens is 348 g/mol. The first-order valence-corrected chi connectivity index (χ1v) is 9.92. The van der Waals surface area contributed by atoms with Crippen molar-refractivity contribution in [2.45, 2.75) is 4.21 Å². The van der Waals surface area contributed by atoms with Crippen LogP contribution in [0.5, 0.6) is 0 Å². The van der Waals surface area contributed by atoms with E-state index < -0.39 is 10.0 Å². The molecule has 0 saturated carbocycles. The van der Waals surface area contributed by atoms with Gasteiger partial charge in [-0.2, -0.15) is 0 Å². The normalized spacial score (nSPS) is 15.4. The molecule has 1 aliphatic rings. The van der Waals surface area contributed by atoms with Crippen molar-refractivity contribution in [3.8, 4) is 0 Å². The van der Waals surface area contributed by atoms with E-state index in [9.17, 15) is 13.2 Å². The lowest BCUT2D eigenvalue weighted by Gasteiger charge is -2.28. The smallest absolute Gasteiger partial charge is 0.250 e. The summed E-state index contributed by atoms with van der Waals surface area (Å²) in [4.78, 5) is 14.4. The maximum Gasteiger partial charge on any atom is 0.250 e. The monoisotopic (exact) mass is 366 g/mol. The standard InChI is InChI=1S/C16H18N2O4S2/c19-15(12-17-24(20,21)16-2-1-11-23-16)13-3-5-14(6-4-13)18-7-9-22-10-8-18/h1-6,11,17H,7-10,12H2. The van der Waals surface area contributed by atoms with Gasteiger partial charge in [0.25, 0.3) is 0 Å². The summed E-state index contributed by atoms with van der Waals surface area (Å²) < 4.78 is 31.9. The fourth-order valence-corrected chi connectivity index (χ4v) is 4.45. The summed E-state index contributed by atoms with van der Waals surface area (Å²) in [6.45, 7) is 2.80. The Hall–Kier alpha value is -1.74. The molecule has 2 aromatic rings. The van der Waals surface area contributed by atoms with E-state index in [1.807, 2.05) is 12.1 Å². The van der Waals surface area contributed by atoms with Crippen LogP contribution in [0.3, 0.4) is 0 Å². The number of nitrogens with zero attached hydrogens (tertiary/aromatic N) is 1. The maximum atomic E-state index is 12.2. The highest BCUT2D eigenvalue weighted by atomic mass is 32.2. The highest BCUT2D eigenvalue weighted by Crippen LogP contribution is 2.18. The van der Waals surface area contributed by atoms with Gasteiger partial charge in [-0.25, -0.2) is 13.1 Å². The van der Waals surface area contributed by atoms with Crippen LogP contribution >= 0.6 is 11.3 Å². The predicted octanol–water partition coefficient (Wildman–Crippen LogP) is 1.75. The number of sulfonamides is 1. The average molecular weight is 366 g/mol. The van der Waals surface area contributed by atoms with Gasteiger partial charge >= 0.3 is 0 Å². The van der Waals surface area contributed by atoms with Crippen LogP contribution in [0, 0.1) is 0 Å². The number of rotatable bonds is 6. The minimum atomic E-state index is -3.62. The number of morpholine rings is 1. The first kappa shape index (κ1) is 17.1. The Balaban J connectivity index is 1.61. The number of thiophene rings is 1. The number of nitrogens with one attached hydrogen (secondary N) is 1. The van der Waals surface area contributed by atoms with Crippen molar-refractivity contribution < 1.29 is 17.9 Å². The van der Waals surface area contributed by atoms with Gasteiger partial charge in [-0.05, 0) is 35.7 Å². The molecule has 1 aliphatic heterocycles. The van der Waals surface area contributed by atoms with Gasteiger partial charge in [-0.3, -0.25) is 4.79 Å². The Morgan fingerprint density at radius 1 is 1.17 bits per heavy atom. The minimum Gasteiger partial charge on any atom is -0.378 e. The van der Waals surface area contributed by atoms with Gasteiger partial charge in [0.15, 0.2) is 5.78 Å². The summed E-state index contributed by atoms with van der Waals surface area (Å²) in [6.07, 6.45) is 0. The third kappa shape index (κ3) is 4.02. The van der Waals surface area contributed by atoms with Crippen LogP contribution in [0.25, 0.3) is 0 Å². The fourth-order valence-electron chi connectivity index (χ4n) is 2.43. The molecule has 0 amide bonds. The van der Waals surface area contributed by atoms with E-state index in [1.54, 1.807) is 23.6 Å². The third-order valence-electron chi connectivity index (χ3n) is 3.75. The number of benzene rings is 1. The number of carbonyl (C=O) groups excluding carboxylic acids is 1. The van der Waals surface area contributed by atoms with Crippen molar-refractivity contribution in [3.63, 3.8) is 0 Å². The predicted molar refractivity (Wildman–Crippen MR) is 93.3 cm³/mol. The van der Waals surface area contributed by atoms with Crippen molar-refractivity contribution in [1.82, 2.24) is 4.72 Å². The van der Waals surface area contributed by atoms with Crippen LogP contribution in [0.2, 0.25) is 0 Å². The number of ether oxygens (including phenoxy) is 1. The zero-order chi connectivity index (χ0) is 17.0. The number of ketones is 1. The maximum absolute atomic E-state index is 12.2. The Morgan fingerprint density at radius 3 is 2.50 bits per heavy atom. The van der Waals surface area contributed by atoms with Gasteiger partial charge in [0.2, 0.25) is 10.0 Å². The molecule has 0 aliphatic carbocycles. The molecule has 1 aromatic carbocycles. The van der Waals surface area contributed by atoms with Gasteiger partial charge in [0.1, 0.15) is 4.21 Å². The van der Waals surface area contributed by atoms with Gasteiger partial charge in [0, 0.05) is 24.3 Å². The van der Waals surface area contributed by atoms with E-state index in [0.717, 1.165) is 30.1 Å². The molecule has 2 heterocycles. The van der Waals surface area contributed by atoms with Crippen LogP contribution in [0.1, 0.15) is 10.4 Å². The molecule has 0 atom stereocenters. The number of carbonyl (C=O) groups is 1. The summed E-state index contributed by atoms with van der Waals surface area (Å²) in [6, 6.07) is 10.4. The zero-order valence-corrected chi connectivity index (χ0v) is 14.6. The molecule has 1 saturated heterocycles. The van der Waals surface area contributed by atoms with E-state index >= 15 is 0 Å². The van der Waals surface area contributed by atoms with Gasteiger partial charge in [0.05, 0.1) is 19.8 Å². The molecule has 1 fully saturated rings. The van der Waals surface area contributed by atoms with Gasteiger partial charge in [-0.1, -0.05) is 6.07 Å². The van der Waals surface area contributed by atoms with E-state index in [-0.39, 0.29) is 16.5 Å². The van der Waals surface area contributed by atoms with Crippen molar-refractivity contribution in [2.24, 2.45) is 0 Å². The van der Waals surface area contributed by atoms with Crippen LogP contribution in [0.4, 0.5) is 5.69 Å². The van der Waals surface area contributed by atoms with Crippen molar-refractivity contribution >= 4 is 32.8 Å². The lowest BCUT2D eigenvalue weighted by molar-refractivity contribution is 0.0997. The quantitative estimate of drug-likeness (QED) is 0.788. The molecule has 128 valence electrons. The first-order valence-electron chi connectivity index (χ1n) is 7.55. The van der Waals surface area contributed by atoms with Crippen molar-refractivity contribution in [2.75, 3.05) is 37.7 Å². The lowest BCUT2D eigenvalue weighted by Crippen LogP contribution is -2.36. The highest BCUT2D eigenvalue weighted by Gasteiger charge is 2.17. The molecule has 0 unspecified atom stereocenters. The summed E-state index contributed by atoms with van der Waals surface area (Å²) >= 11 is 1.12. The molecule has 0 radical (unpaired) electrons. The van der Waals surface area contributed by atoms with Crippen LogP contribution in [0.15, 0.2) is 46.0 Å². The second-order valence-corrected chi connectivity index (χ2v) is 8.27. The van der Waals surface area contributed by atoms with Gasteiger partial charge in [-0.15, -0.1) is 11.3 Å². The summed E-state index contributed by atoms with van der Waals surface area (Å²) in [7, 11) is -3.62. The number of hydrogen-bond acceptors (Lipinski definition) is 6. The Morgan fingerprint density at radius 2 is 1.88 bits per heavy atom. The number of hydrogen-bond donors (Lipinski definition) is 1. The molecule has 3 rings (SSSR count). The molecule has 24 heavy (non-hydrogen) atoms. The Bertz CT molecular complexity index is 780. The molecular formula is C16H18N2O4S2. The molecule has 1 aromatic heterocycles. The van der Waals surface area contributed by atoms with E-state index in [0.29, 0.717) is 18.8 Å². The van der Waals surface area contributed by atoms with Crippen molar-refractivity contribution in [3.05, 3.63) is 47.3 Å². The van der Waals surface area contributed by atoms with Crippen LogP contribution in [-0.2, 0) is 14.8 Å². The van der Waals surface area contributed by atoms with E-state index in [4.69, 9.17) is 4.74 Å². The van der Waals surface area contributed by atoms with Crippen LogP contribution in [-0.4, -0.2) is 47.0 Å². The molecule has 8 heteroatoms. The molecule has 1 N–H and O–H groups in total. The molecule has 0 spiro atoms. The van der Waals surface area contributed by atoms with E-state index in [1.165, 1.54) is 6.07 Å². The average Bonchev–Trinajstić information content (AvgIpc) is 3.16. The first-order chi connectivity index (χ1) is 11.6. The minimum absolute atomic E-state index is 0.206. The Kier molecular flexibility index (Phi) is 5.30. The van der Waals surface area contributed by atoms with Crippen molar-refractivity contribution in [1.29, 1.82) is 0 Å². The SMILES string of the molecule is O=C(CNS(=O)(=O)c1cccs1)c1ccc(N2CCOCC2)cc1. The third-order valence-corrected chi connectivity index (χ3v) is 6.55. The summed E-state index contributed by atoms with van der Waals surface area (Å²) in [5.74, 6) is -0.261. The fraction of sp³-hybridized carbons (Fsp3) is 0.312. The lowest BCUT2D eigenvalue weighted by atomic mass is 10.1. The topological polar surface area (TPSA) is 75.7 Å².